The smallest absolute Gasteiger partial charge is 0.276 e. The highest BCUT2D eigenvalue weighted by Gasteiger charge is 2.05. The second-order valence-electron chi connectivity index (χ2n) is 3.54. The number of H-pyrrole nitrogens is 1. The summed E-state index contributed by atoms with van der Waals surface area (Å²) in [6.07, 6.45) is 1.34. The summed E-state index contributed by atoms with van der Waals surface area (Å²) in [5, 5.41) is 6.11. The molecule has 1 unspecified atom stereocenters. The molecule has 5 N–H and O–H groups in total. The Balaban J connectivity index is 2.58. The number of hydrogen-bond acceptors (Lipinski definition) is 5. The predicted octanol–water partition coefficient (Wildman–Crippen LogP) is -0.380. The predicted molar refractivity (Wildman–Crippen MR) is 60.9 cm³/mol. The van der Waals surface area contributed by atoms with E-state index in [2.05, 4.69) is 27.5 Å². The van der Waals surface area contributed by atoms with Crippen LogP contribution in [0, 0.1) is 5.92 Å². The molecule has 0 saturated heterocycles. The molecule has 6 heteroatoms. The lowest BCUT2D eigenvalue weighted by molar-refractivity contribution is 0.569. The van der Waals surface area contributed by atoms with E-state index in [-0.39, 0.29) is 11.2 Å². The minimum Gasteiger partial charge on any atom is -0.391 e. The van der Waals surface area contributed by atoms with Crippen LogP contribution in [0.5, 0.6) is 0 Å². The standard InChI is InChI=1S/C9H17N5O/c1-6(3-11-2)4-12-8-7(10)9(15)14-5-13-8/h5-6,11H,3-4,10H2,1-2H3,(H2,12,13,14,15). The van der Waals surface area contributed by atoms with Crippen molar-refractivity contribution in [3.05, 3.63) is 16.7 Å². The Hall–Kier alpha value is -1.56. The Kier molecular flexibility index (Phi) is 4.11. The number of nitrogen functional groups attached to an aromatic ring is 1. The number of nitrogens with zero attached hydrogens (tertiary/aromatic N) is 1. The Morgan fingerprint density at radius 1 is 1.60 bits per heavy atom. The zero-order chi connectivity index (χ0) is 11.3. The molecule has 1 heterocycles. The number of anilines is 2. The molecule has 1 rings (SSSR count). The van der Waals surface area contributed by atoms with Gasteiger partial charge in [0.25, 0.3) is 5.56 Å². The Labute approximate surface area is 88.3 Å². The van der Waals surface area contributed by atoms with Crippen LogP contribution in [-0.2, 0) is 0 Å². The van der Waals surface area contributed by atoms with Gasteiger partial charge in [-0.2, -0.15) is 0 Å². The lowest BCUT2D eigenvalue weighted by Crippen LogP contribution is -2.24. The molecule has 0 aromatic carbocycles. The van der Waals surface area contributed by atoms with Crippen molar-refractivity contribution in [1.82, 2.24) is 15.3 Å². The van der Waals surface area contributed by atoms with Gasteiger partial charge in [0.15, 0.2) is 5.82 Å². The quantitative estimate of drug-likeness (QED) is 0.532. The van der Waals surface area contributed by atoms with Crippen LogP contribution in [0.4, 0.5) is 11.5 Å². The first kappa shape index (κ1) is 11.5. The molecule has 0 bridgehead atoms. The van der Waals surface area contributed by atoms with Crippen LogP contribution < -0.4 is 21.9 Å². The fourth-order valence-corrected chi connectivity index (χ4v) is 1.24. The van der Waals surface area contributed by atoms with Gasteiger partial charge in [0, 0.05) is 6.54 Å². The van der Waals surface area contributed by atoms with Crippen molar-refractivity contribution >= 4 is 11.5 Å². The molecule has 84 valence electrons. The molecule has 15 heavy (non-hydrogen) atoms. The monoisotopic (exact) mass is 211 g/mol. The molecule has 6 nitrogen and oxygen atoms in total. The lowest BCUT2D eigenvalue weighted by atomic mass is 10.2. The SMILES string of the molecule is CNCC(C)CNc1nc[nH]c(=O)c1N. The first-order chi connectivity index (χ1) is 7.15. The van der Waals surface area contributed by atoms with Crippen LogP contribution in [-0.4, -0.2) is 30.1 Å². The molecule has 0 aliphatic carbocycles. The Morgan fingerprint density at radius 2 is 2.33 bits per heavy atom. The first-order valence-corrected chi connectivity index (χ1v) is 4.86. The van der Waals surface area contributed by atoms with E-state index in [1.807, 2.05) is 7.05 Å². The number of aromatic nitrogens is 2. The van der Waals surface area contributed by atoms with Gasteiger partial charge in [-0.15, -0.1) is 0 Å². The van der Waals surface area contributed by atoms with Crippen molar-refractivity contribution in [3.8, 4) is 0 Å². The highest BCUT2D eigenvalue weighted by atomic mass is 16.1. The number of hydrogen-bond donors (Lipinski definition) is 4. The van der Waals surface area contributed by atoms with Gasteiger partial charge >= 0.3 is 0 Å². The molecular weight excluding hydrogens is 194 g/mol. The second-order valence-corrected chi connectivity index (χ2v) is 3.54. The van der Waals surface area contributed by atoms with Crippen LogP contribution in [0.25, 0.3) is 0 Å². The summed E-state index contributed by atoms with van der Waals surface area (Å²) >= 11 is 0. The van der Waals surface area contributed by atoms with Gasteiger partial charge in [-0.1, -0.05) is 6.92 Å². The van der Waals surface area contributed by atoms with Gasteiger partial charge < -0.3 is 21.4 Å². The van der Waals surface area contributed by atoms with E-state index in [9.17, 15) is 4.79 Å². The third kappa shape index (κ3) is 3.25. The first-order valence-electron chi connectivity index (χ1n) is 4.86. The van der Waals surface area contributed by atoms with Crippen LogP contribution in [0.3, 0.4) is 0 Å². The maximum atomic E-state index is 11.1. The summed E-state index contributed by atoms with van der Waals surface area (Å²) in [6.45, 7) is 3.71. The lowest BCUT2D eigenvalue weighted by Gasteiger charge is -2.12. The summed E-state index contributed by atoms with van der Waals surface area (Å²) in [5.41, 5.74) is 5.38. The molecule has 1 atom stereocenters. The highest BCUT2D eigenvalue weighted by molar-refractivity contribution is 5.58. The fourth-order valence-electron chi connectivity index (χ4n) is 1.24. The largest absolute Gasteiger partial charge is 0.391 e. The van der Waals surface area contributed by atoms with E-state index in [0.29, 0.717) is 11.7 Å². The maximum Gasteiger partial charge on any atom is 0.276 e. The van der Waals surface area contributed by atoms with E-state index in [4.69, 9.17) is 5.73 Å². The highest BCUT2D eigenvalue weighted by Crippen LogP contribution is 2.07. The molecule has 0 aliphatic heterocycles. The fraction of sp³-hybridized carbons (Fsp3) is 0.556. The normalized spacial score (nSPS) is 12.4. The molecule has 0 radical (unpaired) electrons. The summed E-state index contributed by atoms with van der Waals surface area (Å²) in [7, 11) is 1.90. The molecule has 0 amide bonds. The van der Waals surface area contributed by atoms with Crippen LogP contribution >= 0.6 is 0 Å². The van der Waals surface area contributed by atoms with Gasteiger partial charge in [0.1, 0.15) is 5.69 Å². The third-order valence-corrected chi connectivity index (χ3v) is 2.06. The van der Waals surface area contributed by atoms with E-state index in [1.165, 1.54) is 6.33 Å². The number of nitrogens with two attached hydrogens (primary N) is 1. The van der Waals surface area contributed by atoms with Crippen molar-refractivity contribution in [3.63, 3.8) is 0 Å². The van der Waals surface area contributed by atoms with Gasteiger partial charge in [-0.25, -0.2) is 4.98 Å². The molecule has 0 spiro atoms. The second kappa shape index (κ2) is 5.35. The van der Waals surface area contributed by atoms with Crippen molar-refractivity contribution in [2.75, 3.05) is 31.2 Å². The van der Waals surface area contributed by atoms with Crippen molar-refractivity contribution in [2.24, 2.45) is 5.92 Å². The molecule has 1 aromatic rings. The van der Waals surface area contributed by atoms with E-state index in [1.54, 1.807) is 0 Å². The number of rotatable bonds is 5. The summed E-state index contributed by atoms with van der Waals surface area (Å²) in [5.74, 6) is 0.886. The van der Waals surface area contributed by atoms with Crippen molar-refractivity contribution in [2.45, 2.75) is 6.92 Å². The van der Waals surface area contributed by atoms with Gasteiger partial charge in [-0.05, 0) is 19.5 Å². The van der Waals surface area contributed by atoms with E-state index < -0.39 is 0 Å². The molecular formula is C9H17N5O. The van der Waals surface area contributed by atoms with Gasteiger partial charge in [0.2, 0.25) is 0 Å². The average molecular weight is 211 g/mol. The minimum absolute atomic E-state index is 0.133. The Morgan fingerprint density at radius 3 is 3.00 bits per heavy atom. The molecule has 0 aliphatic rings. The summed E-state index contributed by atoms with van der Waals surface area (Å²) < 4.78 is 0. The van der Waals surface area contributed by atoms with Crippen LogP contribution in [0.1, 0.15) is 6.92 Å². The van der Waals surface area contributed by atoms with Crippen molar-refractivity contribution < 1.29 is 0 Å². The topological polar surface area (TPSA) is 95.8 Å². The zero-order valence-corrected chi connectivity index (χ0v) is 9.00. The third-order valence-electron chi connectivity index (χ3n) is 2.06. The molecule has 1 aromatic heterocycles. The Bertz CT molecular complexity index is 362. The number of nitrogens with one attached hydrogen (secondary N) is 3. The maximum absolute atomic E-state index is 11.1. The summed E-state index contributed by atoms with van der Waals surface area (Å²) in [4.78, 5) is 17.5. The zero-order valence-electron chi connectivity index (χ0n) is 9.00. The minimum atomic E-state index is -0.311. The number of aromatic amines is 1. The van der Waals surface area contributed by atoms with E-state index >= 15 is 0 Å². The molecule has 0 saturated carbocycles. The van der Waals surface area contributed by atoms with Crippen LogP contribution in [0.15, 0.2) is 11.1 Å². The van der Waals surface area contributed by atoms with Gasteiger partial charge in [0.05, 0.1) is 6.33 Å². The summed E-state index contributed by atoms with van der Waals surface area (Å²) in [6, 6.07) is 0. The van der Waals surface area contributed by atoms with Crippen molar-refractivity contribution in [1.29, 1.82) is 0 Å². The van der Waals surface area contributed by atoms with Crippen LogP contribution in [0.2, 0.25) is 0 Å². The van der Waals surface area contributed by atoms with Gasteiger partial charge in [-0.3, -0.25) is 4.79 Å². The van der Waals surface area contributed by atoms with E-state index in [0.717, 1.165) is 13.1 Å². The molecule has 0 fully saturated rings. The average Bonchev–Trinajstić information content (AvgIpc) is 2.21.